The molecule has 2 aromatic rings. The smallest absolute Gasteiger partial charge is 0.148 e. The highest BCUT2D eigenvalue weighted by molar-refractivity contribution is 5.37. The highest BCUT2D eigenvalue weighted by Crippen LogP contribution is 2.12. The summed E-state index contributed by atoms with van der Waals surface area (Å²) in [5.74, 6) is -0.446. The molecule has 0 amide bonds. The van der Waals surface area contributed by atoms with Gasteiger partial charge >= 0.3 is 0 Å². The largest absolute Gasteiger partial charge is 0.364 e. The van der Waals surface area contributed by atoms with E-state index in [0.717, 1.165) is 11.8 Å². The summed E-state index contributed by atoms with van der Waals surface area (Å²) in [6, 6.07) is 5.40. The lowest BCUT2D eigenvalue weighted by molar-refractivity contribution is 0.574. The van der Waals surface area contributed by atoms with Gasteiger partial charge in [-0.25, -0.2) is 8.78 Å². The van der Waals surface area contributed by atoms with Crippen molar-refractivity contribution in [3.8, 4) is 0 Å². The van der Waals surface area contributed by atoms with Gasteiger partial charge in [-0.15, -0.1) is 0 Å². The minimum Gasteiger partial charge on any atom is -0.364 e. The second kappa shape index (κ2) is 4.53. The third kappa shape index (κ3) is 2.61. The molecule has 1 heterocycles. The Morgan fingerprint density at radius 3 is 2.65 bits per heavy atom. The van der Waals surface area contributed by atoms with Crippen LogP contribution in [-0.4, -0.2) is 9.78 Å². The Balaban J connectivity index is 2.07. The monoisotopic (exact) mass is 237 g/mol. The van der Waals surface area contributed by atoms with Crippen molar-refractivity contribution in [1.29, 1.82) is 0 Å². The summed E-state index contributed by atoms with van der Waals surface area (Å²) >= 11 is 0. The molecule has 0 aliphatic rings. The molecule has 0 aliphatic carbocycles. The fourth-order valence-corrected chi connectivity index (χ4v) is 1.50. The van der Waals surface area contributed by atoms with E-state index in [0.29, 0.717) is 11.4 Å². The number of nitrogens with one attached hydrogen (secondary N) is 1. The molecule has 0 saturated heterocycles. The van der Waals surface area contributed by atoms with E-state index in [1.807, 2.05) is 20.0 Å². The minimum atomic E-state index is -0.570. The van der Waals surface area contributed by atoms with Crippen LogP contribution in [0.25, 0.3) is 0 Å². The van der Waals surface area contributed by atoms with E-state index in [2.05, 4.69) is 10.4 Å². The number of halogens is 2. The molecule has 0 unspecified atom stereocenters. The Bertz CT molecular complexity index is 515. The lowest BCUT2D eigenvalue weighted by Gasteiger charge is -2.04. The first-order chi connectivity index (χ1) is 8.06. The van der Waals surface area contributed by atoms with Crippen molar-refractivity contribution >= 4 is 5.82 Å². The highest BCUT2D eigenvalue weighted by Gasteiger charge is 2.05. The summed E-state index contributed by atoms with van der Waals surface area (Å²) in [6.07, 6.45) is 0. The van der Waals surface area contributed by atoms with Crippen LogP contribution in [-0.2, 0) is 13.6 Å². The van der Waals surface area contributed by atoms with Crippen molar-refractivity contribution in [2.24, 2.45) is 7.05 Å². The number of rotatable bonds is 3. The Kier molecular flexibility index (Phi) is 3.08. The average Bonchev–Trinajstić information content (AvgIpc) is 2.57. The predicted molar refractivity (Wildman–Crippen MR) is 61.6 cm³/mol. The molecule has 1 N–H and O–H groups in total. The van der Waals surface area contributed by atoms with E-state index < -0.39 is 11.6 Å². The second-order valence-electron chi connectivity index (χ2n) is 3.88. The van der Waals surface area contributed by atoms with E-state index >= 15 is 0 Å². The number of aryl methyl sites for hydroxylation is 2. The predicted octanol–water partition coefficient (Wildman–Crippen LogP) is 2.62. The van der Waals surface area contributed by atoms with Crippen LogP contribution in [0.15, 0.2) is 24.3 Å². The SMILES string of the molecule is Cc1cc(NCc2ccc(F)cc2F)nn1C. The molecule has 0 aliphatic heterocycles. The fraction of sp³-hybridized carbons (Fsp3) is 0.250. The molecule has 17 heavy (non-hydrogen) atoms. The molecule has 90 valence electrons. The van der Waals surface area contributed by atoms with Gasteiger partial charge < -0.3 is 5.32 Å². The molecule has 1 aromatic heterocycles. The maximum Gasteiger partial charge on any atom is 0.148 e. The molecule has 2 rings (SSSR count). The van der Waals surface area contributed by atoms with Gasteiger partial charge in [0.1, 0.15) is 17.5 Å². The van der Waals surface area contributed by atoms with Crippen LogP contribution in [0.3, 0.4) is 0 Å². The van der Waals surface area contributed by atoms with Crippen molar-refractivity contribution in [3.63, 3.8) is 0 Å². The Hall–Kier alpha value is -1.91. The summed E-state index contributed by atoms with van der Waals surface area (Å²) < 4.78 is 27.7. The molecule has 3 nitrogen and oxygen atoms in total. The van der Waals surface area contributed by atoms with Crippen LogP contribution >= 0.6 is 0 Å². The van der Waals surface area contributed by atoms with Crippen LogP contribution < -0.4 is 5.32 Å². The molecule has 0 spiro atoms. The zero-order chi connectivity index (χ0) is 12.4. The normalized spacial score (nSPS) is 10.6. The molecule has 0 bridgehead atoms. The Morgan fingerprint density at radius 2 is 2.06 bits per heavy atom. The van der Waals surface area contributed by atoms with Crippen molar-refractivity contribution in [3.05, 3.63) is 47.2 Å². The second-order valence-corrected chi connectivity index (χ2v) is 3.88. The lowest BCUT2D eigenvalue weighted by atomic mass is 10.2. The van der Waals surface area contributed by atoms with Gasteiger partial charge in [0.25, 0.3) is 0 Å². The zero-order valence-corrected chi connectivity index (χ0v) is 9.67. The maximum atomic E-state index is 13.3. The highest BCUT2D eigenvalue weighted by atomic mass is 19.1. The van der Waals surface area contributed by atoms with Gasteiger partial charge in [-0.05, 0) is 13.0 Å². The minimum absolute atomic E-state index is 0.280. The van der Waals surface area contributed by atoms with Crippen LogP contribution in [0, 0.1) is 18.6 Å². The van der Waals surface area contributed by atoms with E-state index in [1.54, 1.807) is 4.68 Å². The molecular weight excluding hydrogens is 224 g/mol. The first-order valence-corrected chi connectivity index (χ1v) is 5.24. The van der Waals surface area contributed by atoms with Gasteiger partial charge in [-0.2, -0.15) is 5.10 Å². The van der Waals surface area contributed by atoms with Crippen molar-refractivity contribution in [2.45, 2.75) is 13.5 Å². The number of hydrogen-bond donors (Lipinski definition) is 1. The maximum absolute atomic E-state index is 13.3. The molecule has 0 saturated carbocycles. The van der Waals surface area contributed by atoms with Gasteiger partial charge in [-0.3, -0.25) is 4.68 Å². The van der Waals surface area contributed by atoms with Crippen molar-refractivity contribution in [2.75, 3.05) is 5.32 Å². The van der Waals surface area contributed by atoms with E-state index in [4.69, 9.17) is 0 Å². The average molecular weight is 237 g/mol. The van der Waals surface area contributed by atoms with Crippen LogP contribution in [0.2, 0.25) is 0 Å². The molecule has 0 fully saturated rings. The van der Waals surface area contributed by atoms with Gasteiger partial charge in [0.05, 0.1) is 0 Å². The van der Waals surface area contributed by atoms with E-state index in [1.165, 1.54) is 12.1 Å². The standard InChI is InChI=1S/C12H13F2N3/c1-8-5-12(16-17(8)2)15-7-9-3-4-10(13)6-11(9)14/h3-6H,7H2,1-2H3,(H,15,16). The van der Waals surface area contributed by atoms with Gasteiger partial charge in [0, 0.05) is 37.0 Å². The van der Waals surface area contributed by atoms with Crippen molar-refractivity contribution < 1.29 is 8.78 Å². The van der Waals surface area contributed by atoms with E-state index in [9.17, 15) is 8.78 Å². The van der Waals surface area contributed by atoms with Crippen LogP contribution in [0.5, 0.6) is 0 Å². The summed E-state index contributed by atoms with van der Waals surface area (Å²) in [7, 11) is 1.83. The number of anilines is 1. The summed E-state index contributed by atoms with van der Waals surface area (Å²) in [5, 5.41) is 7.17. The van der Waals surface area contributed by atoms with Gasteiger partial charge in [0.2, 0.25) is 0 Å². The van der Waals surface area contributed by atoms with Gasteiger partial charge in [-0.1, -0.05) is 6.07 Å². The third-order valence-electron chi connectivity index (χ3n) is 2.59. The lowest BCUT2D eigenvalue weighted by Crippen LogP contribution is -2.03. The number of benzene rings is 1. The molecule has 0 radical (unpaired) electrons. The summed E-state index contributed by atoms with van der Waals surface area (Å²) in [4.78, 5) is 0. The molecule has 1 aromatic carbocycles. The summed E-state index contributed by atoms with van der Waals surface area (Å²) in [6.45, 7) is 2.21. The van der Waals surface area contributed by atoms with Gasteiger partial charge in [0.15, 0.2) is 0 Å². The number of hydrogen-bond acceptors (Lipinski definition) is 2. The van der Waals surface area contributed by atoms with Crippen LogP contribution in [0.1, 0.15) is 11.3 Å². The quantitative estimate of drug-likeness (QED) is 0.889. The number of aromatic nitrogens is 2. The Morgan fingerprint density at radius 1 is 1.29 bits per heavy atom. The Labute approximate surface area is 98.1 Å². The fourth-order valence-electron chi connectivity index (χ4n) is 1.50. The number of nitrogens with zero attached hydrogens (tertiary/aromatic N) is 2. The zero-order valence-electron chi connectivity index (χ0n) is 9.67. The van der Waals surface area contributed by atoms with Crippen LogP contribution in [0.4, 0.5) is 14.6 Å². The molecule has 5 heteroatoms. The van der Waals surface area contributed by atoms with Crippen molar-refractivity contribution in [1.82, 2.24) is 9.78 Å². The first kappa shape index (κ1) is 11.6. The van der Waals surface area contributed by atoms with E-state index in [-0.39, 0.29) is 6.54 Å². The third-order valence-corrected chi connectivity index (χ3v) is 2.59. The first-order valence-electron chi connectivity index (χ1n) is 5.24. The topological polar surface area (TPSA) is 29.9 Å². The molecular formula is C12H13F2N3. The molecule has 0 atom stereocenters. The summed E-state index contributed by atoms with van der Waals surface area (Å²) in [5.41, 5.74) is 1.42.